The number of fused-ring (bicyclic) bond motifs is 1. The maximum absolute atomic E-state index is 9.71. The standard InChI is InChI=1S/C10H13N5O3/c11-9-8-10(13-3-12-9)15(4-14-8)7-1-5(17)6(2-16)18-7/h3-7,16-17H,1-2H2,(H2,11,12,13)/t5-,6+,7+/m0/s1/i3+1. The van der Waals surface area contributed by atoms with E-state index in [1.54, 1.807) is 10.9 Å². The van der Waals surface area contributed by atoms with E-state index in [9.17, 15) is 5.11 Å². The minimum Gasteiger partial charge on any atom is -0.394 e. The van der Waals surface area contributed by atoms with Crippen molar-refractivity contribution < 1.29 is 14.9 Å². The highest BCUT2D eigenvalue weighted by atomic mass is 16.5. The third kappa shape index (κ3) is 1.62. The molecule has 18 heavy (non-hydrogen) atoms. The average Bonchev–Trinajstić information content (AvgIpc) is 2.93. The van der Waals surface area contributed by atoms with E-state index in [2.05, 4.69) is 15.0 Å². The van der Waals surface area contributed by atoms with Gasteiger partial charge in [0.2, 0.25) is 0 Å². The van der Waals surface area contributed by atoms with Gasteiger partial charge in [-0.1, -0.05) is 0 Å². The molecule has 0 radical (unpaired) electrons. The Labute approximate surface area is 102 Å². The number of hydrogen-bond acceptors (Lipinski definition) is 7. The van der Waals surface area contributed by atoms with Crippen LogP contribution in [-0.2, 0) is 4.74 Å². The normalized spacial score (nSPS) is 28.0. The fourth-order valence-electron chi connectivity index (χ4n) is 2.13. The number of ether oxygens (including phenoxy) is 1. The molecule has 0 aliphatic carbocycles. The van der Waals surface area contributed by atoms with E-state index < -0.39 is 18.4 Å². The lowest BCUT2D eigenvalue weighted by molar-refractivity contribution is -0.0432. The van der Waals surface area contributed by atoms with E-state index in [-0.39, 0.29) is 6.61 Å². The van der Waals surface area contributed by atoms with E-state index in [0.29, 0.717) is 23.4 Å². The van der Waals surface area contributed by atoms with Crippen LogP contribution in [0.2, 0.25) is 0 Å². The number of hydrogen-bond donors (Lipinski definition) is 3. The van der Waals surface area contributed by atoms with E-state index in [1.165, 1.54) is 6.33 Å². The summed E-state index contributed by atoms with van der Waals surface area (Å²) in [5.74, 6) is 0.302. The second-order valence-corrected chi connectivity index (χ2v) is 4.20. The predicted octanol–water partition coefficient (Wildman–Crippen LogP) is -0.951. The van der Waals surface area contributed by atoms with Crippen LogP contribution in [-0.4, -0.2) is 48.5 Å². The van der Waals surface area contributed by atoms with Gasteiger partial charge in [0.1, 0.15) is 24.2 Å². The first-order valence-corrected chi connectivity index (χ1v) is 5.58. The molecule has 2 aromatic rings. The van der Waals surface area contributed by atoms with Crippen molar-refractivity contribution in [3.8, 4) is 0 Å². The zero-order valence-corrected chi connectivity index (χ0v) is 9.47. The summed E-state index contributed by atoms with van der Waals surface area (Å²) in [6.45, 7) is -0.221. The van der Waals surface area contributed by atoms with Crippen molar-refractivity contribution in [3.05, 3.63) is 12.7 Å². The minimum atomic E-state index is -0.698. The SMILES string of the molecule is Nc1n[13cH]nc2c1ncn2[C@H]1C[C@H](O)[C@@H](CO)O1. The summed E-state index contributed by atoms with van der Waals surface area (Å²) in [4.78, 5) is 12.1. The maximum atomic E-state index is 9.71. The van der Waals surface area contributed by atoms with Gasteiger partial charge in [-0.15, -0.1) is 0 Å². The summed E-state index contributed by atoms with van der Waals surface area (Å²) in [5.41, 5.74) is 6.75. The lowest BCUT2D eigenvalue weighted by atomic mass is 10.2. The molecule has 0 amide bonds. The largest absolute Gasteiger partial charge is 0.394 e. The number of anilines is 1. The van der Waals surface area contributed by atoms with Gasteiger partial charge >= 0.3 is 0 Å². The third-order valence-electron chi connectivity index (χ3n) is 3.08. The topological polar surface area (TPSA) is 119 Å². The molecule has 1 saturated heterocycles. The highest BCUT2D eigenvalue weighted by Gasteiger charge is 2.35. The summed E-state index contributed by atoms with van der Waals surface area (Å²) in [7, 11) is 0. The lowest BCUT2D eigenvalue weighted by Crippen LogP contribution is -2.24. The number of aliphatic hydroxyl groups is 2. The number of nitrogen functional groups attached to an aromatic ring is 1. The monoisotopic (exact) mass is 252 g/mol. The first-order valence-electron chi connectivity index (χ1n) is 5.58. The zero-order chi connectivity index (χ0) is 12.7. The van der Waals surface area contributed by atoms with Crippen molar-refractivity contribution in [3.63, 3.8) is 0 Å². The smallest absolute Gasteiger partial charge is 0.167 e. The second-order valence-electron chi connectivity index (χ2n) is 4.20. The van der Waals surface area contributed by atoms with Crippen LogP contribution in [0.4, 0.5) is 5.82 Å². The van der Waals surface area contributed by atoms with Crippen LogP contribution in [0, 0.1) is 0 Å². The molecule has 96 valence electrons. The van der Waals surface area contributed by atoms with Gasteiger partial charge in [0.05, 0.1) is 19.0 Å². The molecule has 2 aromatic heterocycles. The average molecular weight is 252 g/mol. The molecule has 8 nitrogen and oxygen atoms in total. The van der Waals surface area contributed by atoms with E-state index in [1.807, 2.05) is 0 Å². The molecule has 1 fully saturated rings. The molecule has 0 spiro atoms. The number of imidazole rings is 1. The zero-order valence-electron chi connectivity index (χ0n) is 9.47. The minimum absolute atomic E-state index is 0.221. The van der Waals surface area contributed by atoms with Crippen LogP contribution in [0.3, 0.4) is 0 Å². The third-order valence-corrected chi connectivity index (χ3v) is 3.08. The number of aromatic nitrogens is 4. The molecule has 3 rings (SSSR count). The van der Waals surface area contributed by atoms with Crippen LogP contribution in [0.25, 0.3) is 11.2 Å². The first-order chi connectivity index (χ1) is 8.70. The van der Waals surface area contributed by atoms with Gasteiger partial charge in [-0.25, -0.2) is 15.0 Å². The van der Waals surface area contributed by atoms with Crippen molar-refractivity contribution in [2.75, 3.05) is 12.3 Å². The molecule has 1 aliphatic rings. The van der Waals surface area contributed by atoms with Crippen LogP contribution in [0.1, 0.15) is 12.6 Å². The molecule has 4 N–H and O–H groups in total. The maximum Gasteiger partial charge on any atom is 0.167 e. The molecule has 3 atom stereocenters. The van der Waals surface area contributed by atoms with E-state index >= 15 is 0 Å². The summed E-state index contributed by atoms with van der Waals surface area (Å²) in [6.07, 6.45) is 1.60. The van der Waals surface area contributed by atoms with Crippen LogP contribution < -0.4 is 5.73 Å². The Balaban J connectivity index is 1.99. The summed E-state index contributed by atoms with van der Waals surface area (Å²) < 4.78 is 7.22. The van der Waals surface area contributed by atoms with Crippen molar-refractivity contribution in [1.82, 2.24) is 19.5 Å². The summed E-state index contributed by atoms with van der Waals surface area (Å²) in [6, 6.07) is 0. The van der Waals surface area contributed by atoms with Crippen LogP contribution in [0.15, 0.2) is 12.7 Å². The molecule has 0 saturated carbocycles. The quantitative estimate of drug-likeness (QED) is 0.630. The number of rotatable bonds is 2. The van der Waals surface area contributed by atoms with Crippen LogP contribution >= 0.6 is 0 Å². The van der Waals surface area contributed by atoms with E-state index in [4.69, 9.17) is 15.6 Å². The Kier molecular flexibility index (Phi) is 2.62. The molecular weight excluding hydrogens is 239 g/mol. The van der Waals surface area contributed by atoms with Crippen LogP contribution in [0.5, 0.6) is 0 Å². The van der Waals surface area contributed by atoms with Gasteiger partial charge in [0.15, 0.2) is 11.5 Å². The van der Waals surface area contributed by atoms with Gasteiger partial charge in [-0.05, 0) is 0 Å². The second kappa shape index (κ2) is 4.16. The molecule has 8 heteroatoms. The molecule has 1 aliphatic heterocycles. The Hall–Kier alpha value is -1.77. The number of nitrogens with zero attached hydrogens (tertiary/aromatic N) is 4. The Bertz CT molecular complexity index is 572. The van der Waals surface area contributed by atoms with Crippen molar-refractivity contribution in [1.29, 1.82) is 0 Å². The fourth-order valence-corrected chi connectivity index (χ4v) is 2.13. The van der Waals surface area contributed by atoms with E-state index in [0.717, 1.165) is 0 Å². The number of nitrogens with two attached hydrogens (primary N) is 1. The lowest BCUT2D eigenvalue weighted by Gasteiger charge is -2.13. The van der Waals surface area contributed by atoms with Crippen molar-refractivity contribution in [2.24, 2.45) is 0 Å². The molecule has 0 unspecified atom stereocenters. The number of aliphatic hydroxyl groups excluding tert-OH is 2. The van der Waals surface area contributed by atoms with Crippen molar-refractivity contribution >= 4 is 17.0 Å². The molecule has 3 heterocycles. The Morgan fingerprint density at radius 3 is 3.00 bits per heavy atom. The van der Waals surface area contributed by atoms with Gasteiger partial charge in [0.25, 0.3) is 0 Å². The van der Waals surface area contributed by atoms with Gasteiger partial charge in [0, 0.05) is 6.42 Å². The highest BCUT2D eigenvalue weighted by molar-refractivity contribution is 5.81. The Morgan fingerprint density at radius 2 is 2.28 bits per heavy atom. The predicted molar refractivity (Wildman–Crippen MR) is 61.4 cm³/mol. The van der Waals surface area contributed by atoms with Crippen molar-refractivity contribution in [2.45, 2.75) is 24.9 Å². The fraction of sp³-hybridized carbons (Fsp3) is 0.500. The summed E-state index contributed by atoms with van der Waals surface area (Å²) >= 11 is 0. The Morgan fingerprint density at radius 1 is 1.44 bits per heavy atom. The first kappa shape index (κ1) is 11.3. The molecular formula is C10H13N5O3. The van der Waals surface area contributed by atoms with Gasteiger partial charge < -0.3 is 20.7 Å². The molecule has 0 aromatic carbocycles. The van der Waals surface area contributed by atoms with Gasteiger partial charge in [-0.2, -0.15) is 0 Å². The highest BCUT2D eigenvalue weighted by Crippen LogP contribution is 2.30. The summed E-state index contributed by atoms with van der Waals surface area (Å²) in [5, 5.41) is 18.8. The van der Waals surface area contributed by atoms with Gasteiger partial charge in [-0.3, -0.25) is 4.57 Å². The molecule has 0 bridgehead atoms.